The average molecular weight is 283 g/mol. The molecule has 0 amide bonds. The zero-order chi connectivity index (χ0) is 14.7. The van der Waals surface area contributed by atoms with Crippen molar-refractivity contribution in [2.45, 2.75) is 109 Å². The summed E-state index contributed by atoms with van der Waals surface area (Å²) in [4.78, 5) is 0. The molecule has 3 N–H and O–H groups in total. The lowest BCUT2D eigenvalue weighted by atomic mass is 9.68. The molecular formula is C18H38N2. The van der Waals surface area contributed by atoms with E-state index in [1.54, 1.807) is 0 Å². The first-order chi connectivity index (χ1) is 9.79. The number of unbranched alkanes of at least 4 members (excludes halogenated alkanes) is 6. The molecule has 2 unspecified atom stereocenters. The number of hydrogen-bond donors (Lipinski definition) is 2. The maximum Gasteiger partial charge on any atom is 0.0349 e. The minimum atomic E-state index is 0.262. The number of nitrogens with two attached hydrogens (primary N) is 1. The third-order valence-corrected chi connectivity index (χ3v) is 5.38. The highest BCUT2D eigenvalue weighted by atomic mass is 15.3. The molecule has 0 saturated heterocycles. The lowest BCUT2D eigenvalue weighted by Crippen LogP contribution is -2.56. The summed E-state index contributed by atoms with van der Waals surface area (Å²) in [6.45, 7) is 4.58. The van der Waals surface area contributed by atoms with Gasteiger partial charge in [0.15, 0.2) is 0 Å². The van der Waals surface area contributed by atoms with Crippen LogP contribution in [0.4, 0.5) is 0 Å². The Balaban J connectivity index is 2.43. The van der Waals surface area contributed by atoms with Gasteiger partial charge in [0.2, 0.25) is 0 Å². The van der Waals surface area contributed by atoms with Crippen LogP contribution in [0.5, 0.6) is 0 Å². The Bertz CT molecular complexity index is 229. The molecule has 20 heavy (non-hydrogen) atoms. The maximum atomic E-state index is 6.02. The van der Waals surface area contributed by atoms with Crippen molar-refractivity contribution in [3.8, 4) is 0 Å². The Hall–Kier alpha value is -0.0800. The van der Waals surface area contributed by atoms with E-state index in [4.69, 9.17) is 5.84 Å². The highest BCUT2D eigenvalue weighted by molar-refractivity contribution is 4.95. The van der Waals surface area contributed by atoms with Gasteiger partial charge in [-0.2, -0.15) is 0 Å². The van der Waals surface area contributed by atoms with Crippen LogP contribution in [0.15, 0.2) is 0 Å². The molecule has 0 aromatic carbocycles. The van der Waals surface area contributed by atoms with Gasteiger partial charge in [-0.1, -0.05) is 78.1 Å². The molecular weight excluding hydrogens is 244 g/mol. The molecule has 120 valence electrons. The van der Waals surface area contributed by atoms with Crippen LogP contribution in [-0.2, 0) is 0 Å². The van der Waals surface area contributed by atoms with Gasteiger partial charge in [0.1, 0.15) is 0 Å². The molecule has 0 aromatic rings. The molecule has 0 heterocycles. The Morgan fingerprint density at radius 1 is 0.950 bits per heavy atom. The fourth-order valence-corrected chi connectivity index (χ4v) is 4.01. The second kappa shape index (κ2) is 10.6. The maximum absolute atomic E-state index is 6.02. The van der Waals surface area contributed by atoms with Gasteiger partial charge in [0.25, 0.3) is 0 Å². The molecule has 1 aliphatic rings. The molecule has 1 saturated carbocycles. The van der Waals surface area contributed by atoms with Crippen LogP contribution >= 0.6 is 0 Å². The fraction of sp³-hybridized carbons (Fsp3) is 1.00. The monoisotopic (exact) mass is 282 g/mol. The van der Waals surface area contributed by atoms with Gasteiger partial charge in [-0.3, -0.25) is 11.3 Å². The van der Waals surface area contributed by atoms with E-state index < -0.39 is 0 Å². The summed E-state index contributed by atoms with van der Waals surface area (Å²) in [6.07, 6.45) is 19.1. The molecule has 0 aliphatic heterocycles. The predicted octanol–water partition coefficient (Wildman–Crippen LogP) is 5.32. The second-order valence-electron chi connectivity index (χ2n) is 6.90. The van der Waals surface area contributed by atoms with Crippen molar-refractivity contribution >= 4 is 0 Å². The number of rotatable bonds is 11. The summed E-state index contributed by atoms with van der Waals surface area (Å²) >= 11 is 0. The smallest absolute Gasteiger partial charge is 0.0349 e. The van der Waals surface area contributed by atoms with Gasteiger partial charge >= 0.3 is 0 Å². The van der Waals surface area contributed by atoms with Crippen LogP contribution in [0, 0.1) is 5.92 Å². The molecule has 1 aliphatic carbocycles. The standard InChI is InChI=1S/C18H38N2/c1-3-5-7-9-13-17-14-10-12-16-18(17,20-19)15-11-8-6-4-2/h17,20H,3-16,19H2,1-2H3. The van der Waals surface area contributed by atoms with Crippen molar-refractivity contribution in [3.05, 3.63) is 0 Å². The topological polar surface area (TPSA) is 38.0 Å². The van der Waals surface area contributed by atoms with Gasteiger partial charge in [0.05, 0.1) is 0 Å². The minimum absolute atomic E-state index is 0.262. The van der Waals surface area contributed by atoms with Crippen molar-refractivity contribution in [1.82, 2.24) is 5.43 Å². The lowest BCUT2D eigenvalue weighted by Gasteiger charge is -2.44. The minimum Gasteiger partial charge on any atom is -0.271 e. The largest absolute Gasteiger partial charge is 0.271 e. The summed E-state index contributed by atoms with van der Waals surface area (Å²) in [5.41, 5.74) is 3.55. The van der Waals surface area contributed by atoms with Crippen molar-refractivity contribution in [2.75, 3.05) is 0 Å². The summed E-state index contributed by atoms with van der Waals surface area (Å²) in [5, 5.41) is 0. The molecule has 0 bridgehead atoms. The number of nitrogens with one attached hydrogen (secondary N) is 1. The molecule has 1 fully saturated rings. The van der Waals surface area contributed by atoms with E-state index in [0.29, 0.717) is 0 Å². The number of hydrogen-bond acceptors (Lipinski definition) is 2. The first-order valence-corrected chi connectivity index (χ1v) is 9.27. The van der Waals surface area contributed by atoms with E-state index in [0.717, 1.165) is 5.92 Å². The Kier molecular flexibility index (Phi) is 9.54. The van der Waals surface area contributed by atoms with Gasteiger partial charge < -0.3 is 0 Å². The molecule has 2 heteroatoms. The van der Waals surface area contributed by atoms with Gasteiger partial charge in [0, 0.05) is 5.54 Å². The van der Waals surface area contributed by atoms with Crippen molar-refractivity contribution < 1.29 is 0 Å². The SMILES string of the molecule is CCCCCCC1CCCCC1(CCCCCC)NN. The predicted molar refractivity (Wildman–Crippen MR) is 89.5 cm³/mol. The second-order valence-corrected chi connectivity index (χ2v) is 6.90. The Morgan fingerprint density at radius 2 is 1.65 bits per heavy atom. The van der Waals surface area contributed by atoms with Crippen LogP contribution in [0.2, 0.25) is 0 Å². The zero-order valence-corrected chi connectivity index (χ0v) is 14.1. The normalized spacial score (nSPS) is 26.9. The molecule has 0 spiro atoms. The molecule has 0 radical (unpaired) electrons. The van der Waals surface area contributed by atoms with Crippen LogP contribution < -0.4 is 11.3 Å². The van der Waals surface area contributed by atoms with Crippen LogP contribution in [0.1, 0.15) is 104 Å². The van der Waals surface area contributed by atoms with E-state index in [1.165, 1.54) is 89.9 Å². The first kappa shape index (κ1) is 18.0. The van der Waals surface area contributed by atoms with E-state index in [9.17, 15) is 0 Å². The molecule has 1 rings (SSSR count). The van der Waals surface area contributed by atoms with Crippen LogP contribution in [-0.4, -0.2) is 5.54 Å². The fourth-order valence-electron chi connectivity index (χ4n) is 4.01. The number of hydrazine groups is 1. The summed E-state index contributed by atoms with van der Waals surface area (Å²) < 4.78 is 0. The zero-order valence-electron chi connectivity index (χ0n) is 14.1. The van der Waals surface area contributed by atoms with E-state index in [-0.39, 0.29) is 5.54 Å². The highest BCUT2D eigenvalue weighted by Crippen LogP contribution is 2.40. The average Bonchev–Trinajstić information content (AvgIpc) is 2.49. The van der Waals surface area contributed by atoms with Gasteiger partial charge in [-0.25, -0.2) is 0 Å². The van der Waals surface area contributed by atoms with Crippen molar-refractivity contribution in [2.24, 2.45) is 11.8 Å². The first-order valence-electron chi connectivity index (χ1n) is 9.27. The third-order valence-electron chi connectivity index (χ3n) is 5.38. The third kappa shape index (κ3) is 5.73. The molecule has 2 atom stereocenters. The Labute approximate surface area is 127 Å². The quantitative estimate of drug-likeness (QED) is 0.306. The highest BCUT2D eigenvalue weighted by Gasteiger charge is 2.38. The van der Waals surface area contributed by atoms with E-state index in [1.807, 2.05) is 0 Å². The lowest BCUT2D eigenvalue weighted by molar-refractivity contribution is 0.116. The van der Waals surface area contributed by atoms with Gasteiger partial charge in [-0.05, 0) is 31.6 Å². The van der Waals surface area contributed by atoms with Crippen LogP contribution in [0.3, 0.4) is 0 Å². The molecule has 2 nitrogen and oxygen atoms in total. The van der Waals surface area contributed by atoms with Crippen LogP contribution in [0.25, 0.3) is 0 Å². The summed E-state index contributed by atoms with van der Waals surface area (Å²) in [5.74, 6) is 6.84. The van der Waals surface area contributed by atoms with Crippen molar-refractivity contribution in [3.63, 3.8) is 0 Å². The van der Waals surface area contributed by atoms with E-state index >= 15 is 0 Å². The molecule has 0 aromatic heterocycles. The Morgan fingerprint density at radius 3 is 2.30 bits per heavy atom. The van der Waals surface area contributed by atoms with Gasteiger partial charge in [-0.15, -0.1) is 0 Å². The summed E-state index contributed by atoms with van der Waals surface area (Å²) in [6, 6.07) is 0. The summed E-state index contributed by atoms with van der Waals surface area (Å²) in [7, 11) is 0. The van der Waals surface area contributed by atoms with E-state index in [2.05, 4.69) is 19.3 Å². The van der Waals surface area contributed by atoms with Crippen molar-refractivity contribution in [1.29, 1.82) is 0 Å².